The van der Waals surface area contributed by atoms with Gasteiger partial charge in [-0.25, -0.2) is 0 Å². The van der Waals surface area contributed by atoms with Gasteiger partial charge >= 0.3 is 0 Å². The van der Waals surface area contributed by atoms with Crippen LogP contribution in [0.5, 0.6) is 11.5 Å². The van der Waals surface area contributed by atoms with Gasteiger partial charge in [0.1, 0.15) is 6.61 Å². The van der Waals surface area contributed by atoms with Gasteiger partial charge in [0.2, 0.25) is 5.91 Å². The predicted octanol–water partition coefficient (Wildman–Crippen LogP) is 2.70. The minimum absolute atomic E-state index is 0.105. The molecule has 134 valence electrons. The lowest BCUT2D eigenvalue weighted by Gasteiger charge is -2.30. The normalized spacial score (nSPS) is 20.7. The molecule has 0 radical (unpaired) electrons. The molecule has 1 aromatic carbocycles. The maximum atomic E-state index is 12.2. The van der Waals surface area contributed by atoms with E-state index in [0.717, 1.165) is 17.9 Å². The highest BCUT2D eigenvalue weighted by Crippen LogP contribution is 2.25. The van der Waals surface area contributed by atoms with Crippen LogP contribution in [0.15, 0.2) is 24.3 Å². The van der Waals surface area contributed by atoms with Gasteiger partial charge < -0.3 is 14.8 Å². The number of benzene rings is 1. The van der Waals surface area contributed by atoms with E-state index in [0.29, 0.717) is 31.7 Å². The summed E-state index contributed by atoms with van der Waals surface area (Å²) in [5.74, 6) is 2.15. The molecule has 0 heterocycles. The number of hydrogen-bond acceptors (Lipinski definition) is 4. The summed E-state index contributed by atoms with van der Waals surface area (Å²) in [4.78, 5) is 14.2. The zero-order valence-electron chi connectivity index (χ0n) is 15.1. The van der Waals surface area contributed by atoms with Gasteiger partial charge in [0, 0.05) is 12.6 Å². The molecule has 1 fully saturated rings. The molecule has 2 atom stereocenters. The van der Waals surface area contributed by atoms with Crippen LogP contribution in [0.2, 0.25) is 0 Å². The molecule has 2 unspecified atom stereocenters. The highest BCUT2D eigenvalue weighted by molar-refractivity contribution is 5.78. The first-order valence-electron chi connectivity index (χ1n) is 8.84. The average molecular weight is 334 g/mol. The Kier molecular flexibility index (Phi) is 7.37. The minimum Gasteiger partial charge on any atom is -0.493 e. The van der Waals surface area contributed by atoms with E-state index in [1.165, 1.54) is 19.3 Å². The van der Waals surface area contributed by atoms with Crippen LogP contribution >= 0.6 is 0 Å². The highest BCUT2D eigenvalue weighted by Gasteiger charge is 2.22. The summed E-state index contributed by atoms with van der Waals surface area (Å²) in [7, 11) is 3.57. The highest BCUT2D eigenvalue weighted by atomic mass is 16.5. The minimum atomic E-state index is 0.105. The second-order valence-corrected chi connectivity index (χ2v) is 6.67. The molecule has 1 aromatic rings. The molecule has 1 N–H and O–H groups in total. The Morgan fingerprint density at radius 2 is 1.96 bits per heavy atom. The summed E-state index contributed by atoms with van der Waals surface area (Å²) < 4.78 is 11.0. The van der Waals surface area contributed by atoms with Gasteiger partial charge in [0.05, 0.1) is 13.7 Å². The van der Waals surface area contributed by atoms with Gasteiger partial charge in [-0.05, 0) is 37.9 Å². The van der Waals surface area contributed by atoms with Crippen LogP contribution in [-0.2, 0) is 4.79 Å². The van der Waals surface area contributed by atoms with Crippen molar-refractivity contribution in [2.75, 3.05) is 33.9 Å². The first kappa shape index (κ1) is 18.6. The van der Waals surface area contributed by atoms with E-state index in [1.807, 2.05) is 36.2 Å². The number of amides is 1. The predicted molar refractivity (Wildman–Crippen MR) is 95.5 cm³/mol. The number of methoxy groups -OCH3 is 1. The lowest BCUT2D eigenvalue weighted by atomic mass is 9.86. The van der Waals surface area contributed by atoms with Crippen molar-refractivity contribution >= 4 is 5.91 Å². The van der Waals surface area contributed by atoms with Gasteiger partial charge in [0.15, 0.2) is 11.5 Å². The number of likely N-dealkylation sites (N-methyl/N-ethyl adjacent to an activating group) is 1. The van der Waals surface area contributed by atoms with E-state index in [-0.39, 0.29) is 5.91 Å². The van der Waals surface area contributed by atoms with Crippen molar-refractivity contribution < 1.29 is 14.3 Å². The molecule has 5 nitrogen and oxygen atoms in total. The summed E-state index contributed by atoms with van der Waals surface area (Å²) in [6.45, 7) is 3.84. The molecule has 24 heavy (non-hydrogen) atoms. The van der Waals surface area contributed by atoms with Gasteiger partial charge in [-0.1, -0.05) is 31.9 Å². The van der Waals surface area contributed by atoms with Gasteiger partial charge in [-0.3, -0.25) is 9.69 Å². The SMILES string of the molecule is COc1ccccc1OCCN(C)CC(=O)NC1CCCCC1C. The van der Waals surface area contributed by atoms with Crippen molar-refractivity contribution in [1.82, 2.24) is 10.2 Å². The van der Waals surface area contributed by atoms with Gasteiger partial charge in [-0.15, -0.1) is 0 Å². The molecular weight excluding hydrogens is 304 g/mol. The number of para-hydroxylation sites is 2. The summed E-state index contributed by atoms with van der Waals surface area (Å²) >= 11 is 0. The van der Waals surface area contributed by atoms with E-state index in [9.17, 15) is 4.79 Å². The van der Waals surface area contributed by atoms with Crippen molar-refractivity contribution in [2.24, 2.45) is 5.92 Å². The quantitative estimate of drug-likeness (QED) is 0.794. The molecule has 0 aromatic heterocycles. The second kappa shape index (κ2) is 9.52. The number of carbonyl (C=O) groups excluding carboxylic acids is 1. The van der Waals surface area contributed by atoms with Crippen LogP contribution in [0.1, 0.15) is 32.6 Å². The third kappa shape index (κ3) is 5.71. The van der Waals surface area contributed by atoms with Crippen LogP contribution < -0.4 is 14.8 Å². The molecule has 0 aliphatic heterocycles. The summed E-state index contributed by atoms with van der Waals surface area (Å²) in [5.41, 5.74) is 0. The zero-order valence-corrected chi connectivity index (χ0v) is 15.1. The molecule has 1 amide bonds. The lowest BCUT2D eigenvalue weighted by Crippen LogP contribution is -2.45. The average Bonchev–Trinajstić information content (AvgIpc) is 2.57. The van der Waals surface area contributed by atoms with Crippen molar-refractivity contribution in [3.8, 4) is 11.5 Å². The third-order valence-corrected chi connectivity index (χ3v) is 4.67. The van der Waals surface area contributed by atoms with E-state index in [4.69, 9.17) is 9.47 Å². The standard InChI is InChI=1S/C19H30N2O3/c1-15-8-4-5-9-16(15)20-19(22)14-21(2)12-13-24-18-11-7-6-10-17(18)23-3/h6-7,10-11,15-16H,4-5,8-9,12-14H2,1-3H3,(H,20,22). The van der Waals surface area contributed by atoms with Crippen LogP contribution in [0, 0.1) is 5.92 Å². The number of hydrogen-bond donors (Lipinski definition) is 1. The molecule has 0 spiro atoms. The van der Waals surface area contributed by atoms with Crippen molar-refractivity contribution in [2.45, 2.75) is 38.6 Å². The number of rotatable bonds is 8. The fourth-order valence-electron chi connectivity index (χ4n) is 3.16. The Labute approximate surface area is 145 Å². The van der Waals surface area contributed by atoms with Crippen LogP contribution in [0.3, 0.4) is 0 Å². The molecule has 0 bridgehead atoms. The summed E-state index contributed by atoms with van der Waals surface area (Å²) in [5, 5.41) is 3.18. The van der Waals surface area contributed by atoms with Crippen molar-refractivity contribution in [3.63, 3.8) is 0 Å². The van der Waals surface area contributed by atoms with E-state index in [1.54, 1.807) is 7.11 Å². The second-order valence-electron chi connectivity index (χ2n) is 6.67. The number of carbonyl (C=O) groups is 1. The fraction of sp³-hybridized carbons (Fsp3) is 0.632. The molecule has 2 rings (SSSR count). The van der Waals surface area contributed by atoms with E-state index >= 15 is 0 Å². The van der Waals surface area contributed by atoms with Gasteiger partial charge in [0.25, 0.3) is 0 Å². The number of nitrogens with one attached hydrogen (secondary N) is 1. The maximum absolute atomic E-state index is 12.2. The van der Waals surface area contributed by atoms with Gasteiger partial charge in [-0.2, -0.15) is 0 Å². The Balaban J connectivity index is 1.69. The number of ether oxygens (including phenoxy) is 2. The Bertz CT molecular complexity index is 521. The first-order chi connectivity index (χ1) is 11.6. The van der Waals surface area contributed by atoms with Crippen LogP contribution in [0.25, 0.3) is 0 Å². The largest absolute Gasteiger partial charge is 0.493 e. The molecule has 1 aliphatic carbocycles. The molecule has 1 saturated carbocycles. The third-order valence-electron chi connectivity index (χ3n) is 4.67. The van der Waals surface area contributed by atoms with Crippen molar-refractivity contribution in [3.05, 3.63) is 24.3 Å². The smallest absolute Gasteiger partial charge is 0.234 e. The Morgan fingerprint density at radius 3 is 2.67 bits per heavy atom. The topological polar surface area (TPSA) is 50.8 Å². The maximum Gasteiger partial charge on any atom is 0.234 e. The zero-order chi connectivity index (χ0) is 17.4. The number of nitrogens with zero attached hydrogens (tertiary/aromatic N) is 1. The van der Waals surface area contributed by atoms with Crippen LogP contribution in [-0.4, -0.2) is 50.7 Å². The van der Waals surface area contributed by atoms with Crippen molar-refractivity contribution in [1.29, 1.82) is 0 Å². The lowest BCUT2D eigenvalue weighted by molar-refractivity contribution is -0.123. The molecule has 1 aliphatic rings. The summed E-state index contributed by atoms with van der Waals surface area (Å²) in [6.07, 6.45) is 4.83. The summed E-state index contributed by atoms with van der Waals surface area (Å²) in [6, 6.07) is 7.92. The van der Waals surface area contributed by atoms with E-state index < -0.39 is 0 Å². The van der Waals surface area contributed by atoms with E-state index in [2.05, 4.69) is 12.2 Å². The molecule has 5 heteroatoms. The van der Waals surface area contributed by atoms with Crippen LogP contribution in [0.4, 0.5) is 0 Å². The fourth-order valence-corrected chi connectivity index (χ4v) is 3.16. The Morgan fingerprint density at radius 1 is 1.25 bits per heavy atom. The monoisotopic (exact) mass is 334 g/mol. The molecule has 0 saturated heterocycles. The Hall–Kier alpha value is -1.75. The molecular formula is C19H30N2O3. The first-order valence-corrected chi connectivity index (χ1v) is 8.84.